The van der Waals surface area contributed by atoms with Crippen LogP contribution in [-0.2, 0) is 16.0 Å². The van der Waals surface area contributed by atoms with Crippen molar-refractivity contribution in [1.82, 2.24) is 5.32 Å². The standard InChI is InChI=1S/C17H25NO4/c1-5-17(4,16(20)21)18-15(19)10-13-6-8-14(9-7-13)22-11-12(2)3/h6-9,12H,5,10-11H2,1-4H3,(H,18,19)(H,20,21). The van der Waals surface area contributed by atoms with Gasteiger partial charge in [0.15, 0.2) is 0 Å². The number of benzene rings is 1. The van der Waals surface area contributed by atoms with Crippen molar-refractivity contribution in [3.8, 4) is 5.75 Å². The highest BCUT2D eigenvalue weighted by Crippen LogP contribution is 2.15. The van der Waals surface area contributed by atoms with Crippen LogP contribution in [0.1, 0.15) is 39.7 Å². The van der Waals surface area contributed by atoms with Crippen LogP contribution in [-0.4, -0.2) is 29.1 Å². The molecule has 1 aromatic rings. The van der Waals surface area contributed by atoms with Gasteiger partial charge in [0, 0.05) is 0 Å². The summed E-state index contributed by atoms with van der Waals surface area (Å²) < 4.78 is 5.58. The lowest BCUT2D eigenvalue weighted by Gasteiger charge is -2.24. The predicted molar refractivity (Wildman–Crippen MR) is 85.0 cm³/mol. The molecule has 2 N–H and O–H groups in total. The quantitative estimate of drug-likeness (QED) is 0.774. The molecule has 1 aromatic carbocycles. The summed E-state index contributed by atoms with van der Waals surface area (Å²) in [6.45, 7) is 8.04. The molecular formula is C17H25NO4. The van der Waals surface area contributed by atoms with Gasteiger partial charge < -0.3 is 15.2 Å². The molecule has 0 heterocycles. The Balaban J connectivity index is 2.60. The molecule has 1 unspecified atom stereocenters. The molecule has 0 aliphatic heterocycles. The highest BCUT2D eigenvalue weighted by atomic mass is 16.5. The van der Waals surface area contributed by atoms with Crippen LogP contribution < -0.4 is 10.1 Å². The van der Waals surface area contributed by atoms with Crippen molar-refractivity contribution in [2.75, 3.05) is 6.61 Å². The first kappa shape index (κ1) is 18.0. The van der Waals surface area contributed by atoms with Gasteiger partial charge in [0.25, 0.3) is 0 Å². The van der Waals surface area contributed by atoms with E-state index in [1.807, 2.05) is 24.3 Å². The number of carbonyl (C=O) groups is 2. The number of carbonyl (C=O) groups excluding carboxylic acids is 1. The Morgan fingerprint density at radius 1 is 1.27 bits per heavy atom. The van der Waals surface area contributed by atoms with Crippen molar-refractivity contribution in [1.29, 1.82) is 0 Å². The van der Waals surface area contributed by atoms with Gasteiger partial charge in [0.2, 0.25) is 5.91 Å². The van der Waals surface area contributed by atoms with Gasteiger partial charge in [-0.05, 0) is 37.0 Å². The van der Waals surface area contributed by atoms with Crippen molar-refractivity contribution < 1.29 is 19.4 Å². The van der Waals surface area contributed by atoms with Gasteiger partial charge in [-0.3, -0.25) is 4.79 Å². The molecule has 0 spiro atoms. The second-order valence-electron chi connectivity index (χ2n) is 6.06. The highest BCUT2D eigenvalue weighted by molar-refractivity contribution is 5.87. The third-order valence-electron chi connectivity index (χ3n) is 3.47. The number of carboxylic acids is 1. The molecule has 0 aliphatic carbocycles. The fraction of sp³-hybridized carbons (Fsp3) is 0.529. The van der Waals surface area contributed by atoms with E-state index < -0.39 is 11.5 Å². The summed E-state index contributed by atoms with van der Waals surface area (Å²) >= 11 is 0. The van der Waals surface area contributed by atoms with E-state index in [9.17, 15) is 9.59 Å². The molecule has 22 heavy (non-hydrogen) atoms. The van der Waals surface area contributed by atoms with Crippen LogP contribution in [0.5, 0.6) is 5.75 Å². The van der Waals surface area contributed by atoms with E-state index in [1.165, 1.54) is 6.92 Å². The summed E-state index contributed by atoms with van der Waals surface area (Å²) in [7, 11) is 0. The van der Waals surface area contributed by atoms with Gasteiger partial charge in [-0.1, -0.05) is 32.9 Å². The van der Waals surface area contributed by atoms with Gasteiger partial charge in [-0.2, -0.15) is 0 Å². The SMILES string of the molecule is CCC(C)(NC(=O)Cc1ccc(OCC(C)C)cc1)C(=O)O. The number of amides is 1. The van der Waals surface area contributed by atoms with E-state index >= 15 is 0 Å². The molecular weight excluding hydrogens is 282 g/mol. The largest absolute Gasteiger partial charge is 0.493 e. The molecule has 5 nitrogen and oxygen atoms in total. The fourth-order valence-corrected chi connectivity index (χ4v) is 1.80. The second kappa shape index (κ2) is 7.82. The highest BCUT2D eigenvalue weighted by Gasteiger charge is 2.32. The number of carboxylic acid groups (broad SMARTS) is 1. The Bertz CT molecular complexity index is 510. The van der Waals surface area contributed by atoms with E-state index in [2.05, 4.69) is 19.2 Å². The average Bonchev–Trinajstić information content (AvgIpc) is 2.46. The zero-order valence-electron chi connectivity index (χ0n) is 13.7. The zero-order valence-corrected chi connectivity index (χ0v) is 13.7. The summed E-state index contributed by atoms with van der Waals surface area (Å²) in [5.41, 5.74) is -0.407. The van der Waals surface area contributed by atoms with Gasteiger partial charge in [0.05, 0.1) is 13.0 Å². The maximum Gasteiger partial charge on any atom is 0.329 e. The molecule has 0 radical (unpaired) electrons. The van der Waals surface area contributed by atoms with Crippen LogP contribution in [0.4, 0.5) is 0 Å². The van der Waals surface area contributed by atoms with Crippen molar-refractivity contribution in [3.63, 3.8) is 0 Å². The lowest BCUT2D eigenvalue weighted by molar-refractivity contribution is -0.146. The molecule has 0 saturated carbocycles. The summed E-state index contributed by atoms with van der Waals surface area (Å²) in [4.78, 5) is 23.2. The van der Waals surface area contributed by atoms with Gasteiger partial charge in [0.1, 0.15) is 11.3 Å². The minimum absolute atomic E-state index is 0.146. The Morgan fingerprint density at radius 2 is 1.86 bits per heavy atom. The van der Waals surface area contributed by atoms with Crippen molar-refractivity contribution >= 4 is 11.9 Å². The maximum absolute atomic E-state index is 12.0. The summed E-state index contributed by atoms with van der Waals surface area (Å²) in [6, 6.07) is 7.28. The van der Waals surface area contributed by atoms with Crippen molar-refractivity contribution in [2.24, 2.45) is 5.92 Å². The first-order chi connectivity index (χ1) is 10.3. The predicted octanol–water partition coefficient (Wildman–Crippen LogP) is 2.63. The maximum atomic E-state index is 12.0. The number of hydrogen-bond donors (Lipinski definition) is 2. The number of rotatable bonds is 8. The van der Waals surface area contributed by atoms with Crippen LogP contribution in [0.25, 0.3) is 0 Å². The van der Waals surface area contributed by atoms with Gasteiger partial charge in [-0.25, -0.2) is 4.79 Å². The molecule has 0 aliphatic rings. The minimum Gasteiger partial charge on any atom is -0.493 e. The van der Waals surface area contributed by atoms with Crippen LogP contribution in [0.2, 0.25) is 0 Å². The first-order valence-electron chi connectivity index (χ1n) is 7.53. The van der Waals surface area contributed by atoms with Crippen LogP contribution in [0.15, 0.2) is 24.3 Å². The lowest BCUT2D eigenvalue weighted by Crippen LogP contribution is -2.52. The first-order valence-corrected chi connectivity index (χ1v) is 7.53. The molecule has 0 aromatic heterocycles. The van der Waals surface area contributed by atoms with Crippen molar-refractivity contribution in [2.45, 2.75) is 46.1 Å². The zero-order chi connectivity index (χ0) is 16.8. The second-order valence-corrected chi connectivity index (χ2v) is 6.06. The number of ether oxygens (including phenoxy) is 1. The molecule has 1 atom stereocenters. The van der Waals surface area contributed by atoms with Crippen LogP contribution >= 0.6 is 0 Å². The fourth-order valence-electron chi connectivity index (χ4n) is 1.80. The van der Waals surface area contributed by atoms with Crippen LogP contribution in [0.3, 0.4) is 0 Å². The molecule has 0 fully saturated rings. The van der Waals surface area contributed by atoms with Crippen LogP contribution in [0, 0.1) is 5.92 Å². The van der Waals surface area contributed by atoms with E-state index in [-0.39, 0.29) is 12.3 Å². The molecule has 1 amide bonds. The molecule has 0 bridgehead atoms. The smallest absolute Gasteiger partial charge is 0.329 e. The average molecular weight is 307 g/mol. The Hall–Kier alpha value is -2.04. The number of nitrogens with one attached hydrogen (secondary N) is 1. The lowest BCUT2D eigenvalue weighted by atomic mass is 9.98. The summed E-state index contributed by atoms with van der Waals surface area (Å²) in [5.74, 6) is -0.113. The van der Waals surface area contributed by atoms with Crippen molar-refractivity contribution in [3.05, 3.63) is 29.8 Å². The molecule has 0 saturated heterocycles. The molecule has 1 rings (SSSR count). The molecule has 122 valence electrons. The molecule has 5 heteroatoms. The summed E-state index contributed by atoms with van der Waals surface area (Å²) in [5, 5.41) is 11.7. The minimum atomic E-state index is -1.22. The third kappa shape index (κ3) is 5.39. The van der Waals surface area contributed by atoms with Gasteiger partial charge >= 0.3 is 5.97 Å². The normalized spacial score (nSPS) is 13.5. The van der Waals surface area contributed by atoms with E-state index in [0.29, 0.717) is 18.9 Å². The number of hydrogen-bond acceptors (Lipinski definition) is 3. The van der Waals surface area contributed by atoms with E-state index in [0.717, 1.165) is 11.3 Å². The Labute approximate surface area is 131 Å². The summed E-state index contributed by atoms with van der Waals surface area (Å²) in [6.07, 6.45) is 0.476. The van der Waals surface area contributed by atoms with E-state index in [1.54, 1.807) is 6.92 Å². The van der Waals surface area contributed by atoms with Gasteiger partial charge in [-0.15, -0.1) is 0 Å². The number of aliphatic carboxylic acids is 1. The monoisotopic (exact) mass is 307 g/mol. The topological polar surface area (TPSA) is 75.6 Å². The van der Waals surface area contributed by atoms with E-state index in [4.69, 9.17) is 9.84 Å². The third-order valence-corrected chi connectivity index (χ3v) is 3.47. The Kier molecular flexibility index (Phi) is 6.40. The Morgan fingerprint density at radius 3 is 2.32 bits per heavy atom.